The Balaban J connectivity index is 2.93. The molecule has 0 radical (unpaired) electrons. The lowest BCUT2D eigenvalue weighted by Crippen LogP contribution is -2.12. The predicted octanol–water partition coefficient (Wildman–Crippen LogP) is 1.09. The van der Waals surface area contributed by atoms with Crippen molar-refractivity contribution in [1.82, 2.24) is 4.98 Å². The van der Waals surface area contributed by atoms with Gasteiger partial charge in [0.15, 0.2) is 6.61 Å². The van der Waals surface area contributed by atoms with E-state index in [0.29, 0.717) is 0 Å². The molecule has 5 nitrogen and oxygen atoms in total. The van der Waals surface area contributed by atoms with Crippen LogP contribution in [0, 0.1) is 0 Å². The van der Waals surface area contributed by atoms with E-state index < -0.39 is 19.0 Å². The molecular formula is C9H10F2N2O3. The summed E-state index contributed by atoms with van der Waals surface area (Å²) in [6.45, 7) is -0.846. The first kappa shape index (κ1) is 12.2. The fourth-order valence-corrected chi connectivity index (χ4v) is 0.982. The number of anilines is 1. The molecule has 0 saturated carbocycles. The number of pyridine rings is 1. The second-order valence-corrected chi connectivity index (χ2v) is 2.82. The van der Waals surface area contributed by atoms with Crippen LogP contribution in [0.5, 0.6) is 5.88 Å². The molecule has 0 aliphatic heterocycles. The second-order valence-electron chi connectivity index (χ2n) is 2.82. The number of methoxy groups -OCH3 is 1. The van der Waals surface area contributed by atoms with Crippen LogP contribution in [0.25, 0.3) is 0 Å². The smallest absolute Gasteiger partial charge is 0.343 e. The summed E-state index contributed by atoms with van der Waals surface area (Å²) < 4.78 is 32.9. The normalized spacial score (nSPS) is 10.2. The molecule has 0 spiro atoms. The number of rotatable bonds is 4. The van der Waals surface area contributed by atoms with Gasteiger partial charge in [-0.2, -0.15) is 0 Å². The van der Waals surface area contributed by atoms with Gasteiger partial charge >= 0.3 is 5.97 Å². The Hall–Kier alpha value is -1.92. The molecule has 0 saturated heterocycles. The number of hydrogen-bond acceptors (Lipinski definition) is 5. The molecule has 0 aliphatic rings. The van der Waals surface area contributed by atoms with Gasteiger partial charge in [-0.1, -0.05) is 0 Å². The number of carbonyl (C=O) groups is 1. The summed E-state index contributed by atoms with van der Waals surface area (Å²) in [7, 11) is 1.16. The highest BCUT2D eigenvalue weighted by Gasteiger charge is 2.16. The Morgan fingerprint density at radius 1 is 1.62 bits per heavy atom. The lowest BCUT2D eigenvalue weighted by Gasteiger charge is -2.08. The third-order valence-corrected chi connectivity index (χ3v) is 1.62. The number of alkyl halides is 2. The van der Waals surface area contributed by atoms with Crippen LogP contribution in [0.15, 0.2) is 12.3 Å². The SMILES string of the molecule is COC(=O)c1cc(N)cnc1OCC(F)F. The van der Waals surface area contributed by atoms with E-state index in [9.17, 15) is 13.6 Å². The van der Waals surface area contributed by atoms with Crippen molar-refractivity contribution in [1.29, 1.82) is 0 Å². The van der Waals surface area contributed by atoms with E-state index in [0.717, 1.165) is 7.11 Å². The molecule has 0 aliphatic carbocycles. The predicted molar refractivity (Wildman–Crippen MR) is 51.5 cm³/mol. The van der Waals surface area contributed by atoms with Gasteiger partial charge in [0, 0.05) is 0 Å². The molecule has 0 unspecified atom stereocenters. The largest absolute Gasteiger partial charge is 0.471 e. The van der Waals surface area contributed by atoms with Gasteiger partial charge < -0.3 is 15.2 Å². The van der Waals surface area contributed by atoms with E-state index in [1.807, 2.05) is 0 Å². The lowest BCUT2D eigenvalue weighted by atomic mass is 10.2. The van der Waals surface area contributed by atoms with Crippen LogP contribution in [0.3, 0.4) is 0 Å². The summed E-state index contributed by atoms with van der Waals surface area (Å²) >= 11 is 0. The Bertz CT molecular complexity index is 385. The van der Waals surface area contributed by atoms with Gasteiger partial charge in [0.05, 0.1) is 19.0 Å². The van der Waals surface area contributed by atoms with Crippen LogP contribution in [0.4, 0.5) is 14.5 Å². The fourth-order valence-electron chi connectivity index (χ4n) is 0.982. The Labute approximate surface area is 90.2 Å². The van der Waals surface area contributed by atoms with Crippen LogP contribution in [0.2, 0.25) is 0 Å². The minimum Gasteiger partial charge on any atom is -0.471 e. The monoisotopic (exact) mass is 232 g/mol. The topological polar surface area (TPSA) is 74.4 Å². The van der Waals surface area contributed by atoms with Crippen molar-refractivity contribution in [3.8, 4) is 5.88 Å². The molecule has 0 bridgehead atoms. The third-order valence-electron chi connectivity index (χ3n) is 1.62. The summed E-state index contributed by atoms with van der Waals surface area (Å²) in [6, 6.07) is 1.25. The zero-order valence-electron chi connectivity index (χ0n) is 8.44. The minimum absolute atomic E-state index is 0.0804. The quantitative estimate of drug-likeness (QED) is 0.786. The molecule has 1 rings (SSSR count). The highest BCUT2D eigenvalue weighted by Crippen LogP contribution is 2.19. The van der Waals surface area contributed by atoms with Crippen LogP contribution in [-0.2, 0) is 4.74 Å². The number of nitrogens with two attached hydrogens (primary N) is 1. The van der Waals surface area contributed by atoms with E-state index in [2.05, 4.69) is 14.5 Å². The molecule has 1 aromatic rings. The van der Waals surface area contributed by atoms with E-state index in [1.165, 1.54) is 12.3 Å². The Kier molecular flexibility index (Phi) is 3.98. The van der Waals surface area contributed by atoms with Gasteiger partial charge in [-0.3, -0.25) is 0 Å². The van der Waals surface area contributed by atoms with Crippen molar-refractivity contribution >= 4 is 11.7 Å². The molecule has 0 atom stereocenters. The van der Waals surface area contributed by atoms with Crippen molar-refractivity contribution in [3.05, 3.63) is 17.8 Å². The Morgan fingerprint density at radius 3 is 2.88 bits per heavy atom. The maximum atomic E-state index is 11.9. The number of esters is 1. The van der Waals surface area contributed by atoms with Crippen molar-refractivity contribution < 1.29 is 23.0 Å². The van der Waals surface area contributed by atoms with Gasteiger partial charge in [0.1, 0.15) is 5.56 Å². The van der Waals surface area contributed by atoms with Gasteiger partial charge in [-0.05, 0) is 6.07 Å². The highest BCUT2D eigenvalue weighted by atomic mass is 19.3. The number of ether oxygens (including phenoxy) is 2. The van der Waals surface area contributed by atoms with Gasteiger partial charge in [-0.25, -0.2) is 18.6 Å². The van der Waals surface area contributed by atoms with Crippen molar-refractivity contribution in [2.75, 3.05) is 19.5 Å². The number of halogens is 2. The molecule has 0 amide bonds. The first-order chi connectivity index (χ1) is 7.54. The Morgan fingerprint density at radius 2 is 2.31 bits per heavy atom. The average Bonchev–Trinajstić information content (AvgIpc) is 2.26. The van der Waals surface area contributed by atoms with Gasteiger partial charge in [0.2, 0.25) is 5.88 Å². The number of hydrogen-bond donors (Lipinski definition) is 1. The summed E-state index contributed by atoms with van der Waals surface area (Å²) in [4.78, 5) is 14.9. The second kappa shape index (κ2) is 5.24. The first-order valence-corrected chi connectivity index (χ1v) is 4.29. The highest BCUT2D eigenvalue weighted by molar-refractivity contribution is 5.92. The summed E-state index contributed by atoms with van der Waals surface area (Å²) in [5, 5.41) is 0. The average molecular weight is 232 g/mol. The number of nitrogens with zero attached hydrogens (tertiary/aromatic N) is 1. The van der Waals surface area contributed by atoms with Crippen molar-refractivity contribution in [2.45, 2.75) is 6.43 Å². The summed E-state index contributed by atoms with van der Waals surface area (Å²) in [5.41, 5.74) is 5.53. The molecule has 2 N–H and O–H groups in total. The molecule has 7 heteroatoms. The number of carbonyl (C=O) groups excluding carboxylic acids is 1. The maximum Gasteiger partial charge on any atom is 0.343 e. The molecule has 88 valence electrons. The maximum absolute atomic E-state index is 11.9. The molecular weight excluding hydrogens is 222 g/mol. The van der Waals surface area contributed by atoms with Crippen LogP contribution in [0.1, 0.15) is 10.4 Å². The number of aromatic nitrogens is 1. The molecule has 1 heterocycles. The van der Waals surface area contributed by atoms with E-state index in [1.54, 1.807) is 0 Å². The summed E-state index contributed by atoms with van der Waals surface area (Å²) in [5.74, 6) is -0.967. The van der Waals surface area contributed by atoms with Gasteiger partial charge in [-0.15, -0.1) is 0 Å². The van der Waals surface area contributed by atoms with Crippen molar-refractivity contribution in [2.24, 2.45) is 0 Å². The van der Waals surface area contributed by atoms with Gasteiger partial charge in [0.25, 0.3) is 6.43 Å². The molecule has 1 aromatic heterocycles. The fraction of sp³-hybridized carbons (Fsp3) is 0.333. The molecule has 0 aromatic carbocycles. The number of nitrogen functional groups attached to an aromatic ring is 1. The summed E-state index contributed by atoms with van der Waals surface area (Å²) in [6.07, 6.45) is -1.45. The zero-order valence-corrected chi connectivity index (χ0v) is 8.44. The first-order valence-electron chi connectivity index (χ1n) is 4.29. The van der Waals surface area contributed by atoms with Crippen molar-refractivity contribution in [3.63, 3.8) is 0 Å². The van der Waals surface area contributed by atoms with Crippen LogP contribution >= 0.6 is 0 Å². The van der Waals surface area contributed by atoms with E-state index in [-0.39, 0.29) is 17.1 Å². The molecule has 0 fully saturated rings. The van der Waals surface area contributed by atoms with E-state index in [4.69, 9.17) is 5.73 Å². The third kappa shape index (κ3) is 3.04. The zero-order chi connectivity index (χ0) is 12.1. The lowest BCUT2D eigenvalue weighted by molar-refractivity contribution is 0.0573. The molecule has 16 heavy (non-hydrogen) atoms. The standard InChI is InChI=1S/C9H10F2N2O3/c1-15-9(14)6-2-5(12)3-13-8(6)16-4-7(10)11/h2-3,7H,4,12H2,1H3. The van der Waals surface area contributed by atoms with Crippen LogP contribution in [-0.4, -0.2) is 31.1 Å². The van der Waals surface area contributed by atoms with Crippen LogP contribution < -0.4 is 10.5 Å². The minimum atomic E-state index is -2.65. The van der Waals surface area contributed by atoms with E-state index >= 15 is 0 Å².